The van der Waals surface area contributed by atoms with Crippen molar-refractivity contribution in [2.75, 3.05) is 19.3 Å². The Morgan fingerprint density at radius 2 is 2.50 bits per heavy atom. The molecular weight excluding hydrogens is 184 g/mol. The number of aromatic amines is 1. The number of rotatable bonds is 3. The van der Waals surface area contributed by atoms with Crippen LogP contribution in [0.1, 0.15) is 17.4 Å². The van der Waals surface area contributed by atoms with Gasteiger partial charge >= 0.3 is 0 Å². The second-order valence-electron chi connectivity index (χ2n) is 3.24. The van der Waals surface area contributed by atoms with Crippen LogP contribution in [0.25, 0.3) is 0 Å². The van der Waals surface area contributed by atoms with Crippen molar-refractivity contribution < 1.29 is 9.90 Å². The van der Waals surface area contributed by atoms with Crippen LogP contribution in [-0.4, -0.2) is 45.8 Å². The molecule has 6 nitrogen and oxygen atoms in total. The van der Waals surface area contributed by atoms with Gasteiger partial charge in [-0.2, -0.15) is 5.10 Å². The van der Waals surface area contributed by atoms with Crippen molar-refractivity contribution in [2.45, 2.75) is 13.0 Å². The van der Waals surface area contributed by atoms with Gasteiger partial charge in [-0.05, 0) is 6.92 Å². The molecule has 1 aromatic heterocycles. The van der Waals surface area contributed by atoms with Crippen LogP contribution >= 0.6 is 0 Å². The zero-order chi connectivity index (χ0) is 10.7. The molecule has 0 aliphatic rings. The summed E-state index contributed by atoms with van der Waals surface area (Å²) in [5, 5.41) is 15.2. The number of H-pyrrole nitrogens is 1. The molecule has 0 spiro atoms. The van der Waals surface area contributed by atoms with Crippen LogP contribution in [0.2, 0.25) is 0 Å². The van der Waals surface area contributed by atoms with Crippen LogP contribution in [0.15, 0.2) is 6.20 Å². The molecule has 1 atom stereocenters. The molecule has 0 saturated carbocycles. The number of carbonyl (C=O) groups is 1. The molecule has 0 bridgehead atoms. The Morgan fingerprint density at radius 3 is 2.93 bits per heavy atom. The van der Waals surface area contributed by atoms with E-state index in [9.17, 15) is 4.79 Å². The minimum atomic E-state index is -0.562. The maximum absolute atomic E-state index is 11.6. The van der Waals surface area contributed by atoms with Crippen molar-refractivity contribution in [1.82, 2.24) is 15.1 Å². The summed E-state index contributed by atoms with van der Waals surface area (Å²) in [5.74, 6) is -0.277. The van der Waals surface area contributed by atoms with Crippen LogP contribution in [0.5, 0.6) is 0 Å². The van der Waals surface area contributed by atoms with Crippen LogP contribution in [-0.2, 0) is 0 Å². The fourth-order valence-corrected chi connectivity index (χ4v) is 1.14. The lowest BCUT2D eigenvalue weighted by Crippen LogP contribution is -2.33. The predicted molar refractivity (Wildman–Crippen MR) is 51.6 cm³/mol. The summed E-state index contributed by atoms with van der Waals surface area (Å²) in [6.07, 6.45) is 0.816. The molecule has 14 heavy (non-hydrogen) atoms. The number of likely N-dealkylation sites (N-methyl/N-ethyl adjacent to an activating group) is 1. The molecule has 0 fully saturated rings. The topological polar surface area (TPSA) is 95.2 Å². The third-order valence-electron chi connectivity index (χ3n) is 1.77. The third-order valence-corrected chi connectivity index (χ3v) is 1.77. The van der Waals surface area contributed by atoms with Crippen molar-refractivity contribution in [3.05, 3.63) is 11.9 Å². The Kier molecular flexibility index (Phi) is 3.08. The van der Waals surface area contributed by atoms with E-state index in [-0.39, 0.29) is 18.1 Å². The molecule has 0 aliphatic heterocycles. The smallest absolute Gasteiger partial charge is 0.273 e. The quantitative estimate of drug-likeness (QED) is 0.607. The van der Waals surface area contributed by atoms with Gasteiger partial charge in [0, 0.05) is 13.6 Å². The van der Waals surface area contributed by atoms with Crippen molar-refractivity contribution in [3.8, 4) is 0 Å². The number of hydrogen-bond acceptors (Lipinski definition) is 4. The number of amides is 1. The third kappa shape index (κ3) is 2.23. The highest BCUT2D eigenvalue weighted by Crippen LogP contribution is 2.08. The zero-order valence-electron chi connectivity index (χ0n) is 8.19. The van der Waals surface area contributed by atoms with Crippen molar-refractivity contribution >= 4 is 11.6 Å². The average molecular weight is 198 g/mol. The first-order valence-electron chi connectivity index (χ1n) is 4.24. The van der Waals surface area contributed by atoms with E-state index in [4.69, 9.17) is 10.8 Å². The van der Waals surface area contributed by atoms with Crippen LogP contribution in [0.4, 0.5) is 5.69 Å². The van der Waals surface area contributed by atoms with Gasteiger partial charge in [0.2, 0.25) is 0 Å². The second-order valence-corrected chi connectivity index (χ2v) is 3.24. The van der Waals surface area contributed by atoms with Gasteiger partial charge in [0.05, 0.1) is 18.0 Å². The molecular formula is C8H14N4O2. The van der Waals surface area contributed by atoms with Crippen molar-refractivity contribution in [3.63, 3.8) is 0 Å². The number of aromatic nitrogens is 2. The summed E-state index contributed by atoms with van der Waals surface area (Å²) in [6, 6.07) is 0. The van der Waals surface area contributed by atoms with E-state index in [1.54, 1.807) is 14.0 Å². The summed E-state index contributed by atoms with van der Waals surface area (Å²) in [4.78, 5) is 13.0. The Morgan fingerprint density at radius 1 is 1.86 bits per heavy atom. The summed E-state index contributed by atoms with van der Waals surface area (Å²) < 4.78 is 0. The lowest BCUT2D eigenvalue weighted by atomic mass is 10.3. The largest absolute Gasteiger partial charge is 0.396 e. The summed E-state index contributed by atoms with van der Waals surface area (Å²) in [5.41, 5.74) is 6.08. The maximum Gasteiger partial charge on any atom is 0.273 e. The number of nitrogens with zero attached hydrogens (tertiary/aromatic N) is 2. The van der Waals surface area contributed by atoms with E-state index < -0.39 is 6.10 Å². The fourth-order valence-electron chi connectivity index (χ4n) is 1.14. The molecule has 4 N–H and O–H groups in total. The first kappa shape index (κ1) is 10.5. The SMILES string of the molecule is CC(O)CN(C)C(=O)c1[nH]ncc1N. The maximum atomic E-state index is 11.6. The van der Waals surface area contributed by atoms with Gasteiger partial charge in [-0.15, -0.1) is 0 Å². The van der Waals surface area contributed by atoms with Crippen molar-refractivity contribution in [2.24, 2.45) is 0 Å². The van der Waals surface area contributed by atoms with E-state index in [1.165, 1.54) is 11.1 Å². The number of nitrogens with one attached hydrogen (secondary N) is 1. The van der Waals surface area contributed by atoms with E-state index in [0.29, 0.717) is 5.69 Å². The monoisotopic (exact) mass is 198 g/mol. The number of hydrogen-bond donors (Lipinski definition) is 3. The van der Waals surface area contributed by atoms with Crippen molar-refractivity contribution in [1.29, 1.82) is 0 Å². The number of nitrogens with two attached hydrogens (primary N) is 1. The molecule has 0 saturated heterocycles. The van der Waals surface area contributed by atoms with Crippen LogP contribution < -0.4 is 5.73 Å². The first-order valence-corrected chi connectivity index (χ1v) is 4.24. The first-order chi connectivity index (χ1) is 6.52. The minimum absolute atomic E-state index is 0.258. The molecule has 1 amide bonds. The highest BCUT2D eigenvalue weighted by Gasteiger charge is 2.17. The molecule has 1 heterocycles. The van der Waals surface area contributed by atoms with E-state index >= 15 is 0 Å². The number of carbonyl (C=O) groups excluding carboxylic acids is 1. The second kappa shape index (κ2) is 4.10. The number of aliphatic hydroxyl groups excluding tert-OH is 1. The highest BCUT2D eigenvalue weighted by molar-refractivity contribution is 5.96. The van der Waals surface area contributed by atoms with Crippen LogP contribution in [0.3, 0.4) is 0 Å². The number of nitrogen functional groups attached to an aromatic ring is 1. The summed E-state index contributed by atoms with van der Waals surface area (Å²) in [6.45, 7) is 1.87. The van der Waals surface area contributed by atoms with Gasteiger partial charge < -0.3 is 15.7 Å². The van der Waals surface area contributed by atoms with E-state index in [1.807, 2.05) is 0 Å². The lowest BCUT2D eigenvalue weighted by Gasteiger charge is -2.17. The molecule has 1 aromatic rings. The zero-order valence-corrected chi connectivity index (χ0v) is 8.19. The van der Waals surface area contributed by atoms with Gasteiger partial charge in [0.15, 0.2) is 0 Å². The number of aliphatic hydroxyl groups is 1. The van der Waals surface area contributed by atoms with E-state index in [2.05, 4.69) is 10.2 Å². The number of anilines is 1. The predicted octanol–water partition coefficient (Wildman–Crippen LogP) is -0.555. The molecule has 1 unspecified atom stereocenters. The summed E-state index contributed by atoms with van der Waals surface area (Å²) in [7, 11) is 1.59. The molecule has 0 aliphatic carbocycles. The Bertz CT molecular complexity index is 321. The Hall–Kier alpha value is -1.56. The average Bonchev–Trinajstić information content (AvgIpc) is 2.48. The molecule has 0 radical (unpaired) electrons. The fraction of sp³-hybridized carbons (Fsp3) is 0.500. The van der Waals surface area contributed by atoms with Gasteiger partial charge in [-0.1, -0.05) is 0 Å². The van der Waals surface area contributed by atoms with Gasteiger partial charge in [0.1, 0.15) is 5.69 Å². The molecule has 78 valence electrons. The minimum Gasteiger partial charge on any atom is -0.396 e. The normalized spacial score (nSPS) is 12.5. The molecule has 0 aromatic carbocycles. The highest BCUT2D eigenvalue weighted by atomic mass is 16.3. The van der Waals surface area contributed by atoms with Gasteiger partial charge in [-0.25, -0.2) is 0 Å². The molecule has 1 rings (SSSR count). The van der Waals surface area contributed by atoms with Crippen LogP contribution in [0, 0.1) is 0 Å². The molecule has 6 heteroatoms. The lowest BCUT2D eigenvalue weighted by molar-refractivity contribution is 0.0699. The summed E-state index contributed by atoms with van der Waals surface area (Å²) >= 11 is 0. The Balaban J connectivity index is 2.71. The standard InChI is InChI=1S/C8H14N4O2/c1-5(13)4-12(2)8(14)7-6(9)3-10-11-7/h3,5,13H,4,9H2,1-2H3,(H,10,11). The Labute approximate surface area is 81.7 Å². The van der Waals surface area contributed by atoms with Gasteiger partial charge in [-0.3, -0.25) is 9.89 Å². The van der Waals surface area contributed by atoms with Gasteiger partial charge in [0.25, 0.3) is 5.91 Å². The van der Waals surface area contributed by atoms with E-state index in [0.717, 1.165) is 0 Å².